The summed E-state index contributed by atoms with van der Waals surface area (Å²) in [6, 6.07) is 0. The lowest BCUT2D eigenvalue weighted by Crippen LogP contribution is -2.24. The van der Waals surface area contributed by atoms with Gasteiger partial charge in [-0.1, -0.05) is 6.42 Å². The zero-order valence-electron chi connectivity index (χ0n) is 15.1. The molecule has 2 unspecified atom stereocenters. The van der Waals surface area contributed by atoms with Gasteiger partial charge in [-0.05, 0) is 44.9 Å². The Bertz CT molecular complexity index is 452. The van der Waals surface area contributed by atoms with E-state index in [2.05, 4.69) is 0 Å². The molecule has 140 valence electrons. The van der Waals surface area contributed by atoms with Crippen molar-refractivity contribution in [3.63, 3.8) is 0 Å². The Morgan fingerprint density at radius 3 is 2.12 bits per heavy atom. The van der Waals surface area contributed by atoms with Crippen LogP contribution in [-0.2, 0) is 23.9 Å². The first-order valence-electron chi connectivity index (χ1n) is 9.79. The molecule has 5 nitrogen and oxygen atoms in total. The number of rotatable bonds is 10. The maximum absolute atomic E-state index is 11.9. The maximum Gasteiger partial charge on any atom is 0.308 e. The van der Waals surface area contributed by atoms with Gasteiger partial charge in [0.2, 0.25) is 0 Å². The van der Waals surface area contributed by atoms with E-state index in [1.807, 2.05) is 0 Å². The zero-order valence-corrected chi connectivity index (χ0v) is 15.1. The number of esters is 1. The minimum absolute atomic E-state index is 0.0783. The number of hydrogen-bond donors (Lipinski definition) is 0. The SMILES string of the molecule is O=C(CCCC(=O)CCC1CCCOC1=O)CCC1CCCCC1=O. The van der Waals surface area contributed by atoms with Gasteiger partial charge in [0.05, 0.1) is 12.5 Å². The highest BCUT2D eigenvalue weighted by Crippen LogP contribution is 2.25. The molecule has 0 aromatic heterocycles. The molecular formula is C20H30O5. The Morgan fingerprint density at radius 2 is 1.48 bits per heavy atom. The molecule has 1 heterocycles. The second kappa shape index (κ2) is 10.5. The van der Waals surface area contributed by atoms with Crippen molar-refractivity contribution in [3.8, 4) is 0 Å². The van der Waals surface area contributed by atoms with Crippen molar-refractivity contribution in [2.45, 2.75) is 83.5 Å². The van der Waals surface area contributed by atoms with Gasteiger partial charge < -0.3 is 4.74 Å². The van der Waals surface area contributed by atoms with Crippen molar-refractivity contribution in [1.29, 1.82) is 0 Å². The van der Waals surface area contributed by atoms with Gasteiger partial charge in [-0.3, -0.25) is 19.2 Å². The van der Waals surface area contributed by atoms with E-state index < -0.39 is 0 Å². The quantitative estimate of drug-likeness (QED) is 0.563. The number of Topliss-reactive ketones (excluding diaryl/α,β-unsaturated/α-hetero) is 3. The molecule has 5 heteroatoms. The Labute approximate surface area is 149 Å². The summed E-state index contributed by atoms with van der Waals surface area (Å²) in [7, 11) is 0. The fraction of sp³-hybridized carbons (Fsp3) is 0.800. The lowest BCUT2D eigenvalue weighted by molar-refractivity contribution is -0.153. The molecule has 0 N–H and O–H groups in total. The van der Waals surface area contributed by atoms with E-state index in [1.165, 1.54) is 0 Å². The van der Waals surface area contributed by atoms with Crippen LogP contribution in [0.15, 0.2) is 0 Å². The largest absolute Gasteiger partial charge is 0.465 e. The number of carbonyl (C=O) groups is 4. The molecule has 0 amide bonds. The van der Waals surface area contributed by atoms with Gasteiger partial charge in [0.25, 0.3) is 0 Å². The summed E-state index contributed by atoms with van der Waals surface area (Å²) in [6.07, 6.45) is 8.84. The van der Waals surface area contributed by atoms with E-state index in [-0.39, 0.29) is 29.4 Å². The number of ether oxygens (including phenoxy) is 1. The average Bonchev–Trinajstić information content (AvgIpc) is 2.60. The maximum atomic E-state index is 11.9. The van der Waals surface area contributed by atoms with E-state index in [9.17, 15) is 19.2 Å². The van der Waals surface area contributed by atoms with Crippen molar-refractivity contribution in [2.75, 3.05) is 6.61 Å². The summed E-state index contributed by atoms with van der Waals surface area (Å²) in [4.78, 5) is 47.1. The summed E-state index contributed by atoms with van der Waals surface area (Å²) in [6.45, 7) is 0.498. The van der Waals surface area contributed by atoms with Crippen LogP contribution in [0.1, 0.15) is 83.5 Å². The third kappa shape index (κ3) is 7.09. The van der Waals surface area contributed by atoms with Crippen molar-refractivity contribution in [2.24, 2.45) is 11.8 Å². The third-order valence-electron chi connectivity index (χ3n) is 5.41. The van der Waals surface area contributed by atoms with Gasteiger partial charge in [-0.15, -0.1) is 0 Å². The molecule has 0 bridgehead atoms. The molecule has 1 aliphatic heterocycles. The standard InChI is InChI=1S/C20H30O5/c21-17(12-10-15-5-1-2-9-19(15)23)7-3-8-18(22)13-11-16-6-4-14-25-20(16)24/h15-16H,1-14H2. The first kappa shape index (κ1) is 19.8. The van der Waals surface area contributed by atoms with E-state index in [0.717, 1.165) is 32.1 Å². The van der Waals surface area contributed by atoms with E-state index in [4.69, 9.17) is 4.74 Å². The zero-order chi connectivity index (χ0) is 18.1. The number of carbonyl (C=O) groups excluding carboxylic acids is 4. The molecule has 0 aromatic carbocycles. The molecule has 1 aliphatic carbocycles. The Morgan fingerprint density at radius 1 is 0.840 bits per heavy atom. The van der Waals surface area contributed by atoms with Gasteiger partial charge in [0.1, 0.15) is 17.3 Å². The molecule has 0 radical (unpaired) electrons. The summed E-state index contributed by atoms with van der Waals surface area (Å²) in [5.41, 5.74) is 0. The van der Waals surface area contributed by atoms with Crippen molar-refractivity contribution in [3.05, 3.63) is 0 Å². The van der Waals surface area contributed by atoms with Crippen LogP contribution < -0.4 is 0 Å². The highest BCUT2D eigenvalue weighted by atomic mass is 16.5. The molecule has 2 fully saturated rings. The lowest BCUT2D eigenvalue weighted by atomic mass is 9.84. The highest BCUT2D eigenvalue weighted by Gasteiger charge is 2.24. The predicted octanol–water partition coefficient (Wildman–Crippen LogP) is 3.57. The van der Waals surface area contributed by atoms with E-state index in [1.54, 1.807) is 0 Å². The Kier molecular flexibility index (Phi) is 8.29. The van der Waals surface area contributed by atoms with E-state index in [0.29, 0.717) is 63.8 Å². The number of hydrogen-bond acceptors (Lipinski definition) is 5. The Balaban J connectivity index is 1.53. The fourth-order valence-corrected chi connectivity index (χ4v) is 3.76. The van der Waals surface area contributed by atoms with Crippen LogP contribution in [-0.4, -0.2) is 29.9 Å². The van der Waals surface area contributed by atoms with Crippen molar-refractivity contribution in [1.82, 2.24) is 0 Å². The van der Waals surface area contributed by atoms with Gasteiger partial charge >= 0.3 is 5.97 Å². The second-order valence-corrected chi connectivity index (χ2v) is 7.42. The fourth-order valence-electron chi connectivity index (χ4n) is 3.76. The molecule has 0 aromatic rings. The van der Waals surface area contributed by atoms with Crippen LogP contribution in [0.3, 0.4) is 0 Å². The number of ketones is 3. The molecule has 2 rings (SSSR count). The minimum atomic E-state index is -0.175. The van der Waals surface area contributed by atoms with Crippen molar-refractivity contribution >= 4 is 23.3 Å². The first-order valence-corrected chi connectivity index (χ1v) is 9.79. The van der Waals surface area contributed by atoms with Crippen molar-refractivity contribution < 1.29 is 23.9 Å². The van der Waals surface area contributed by atoms with Gasteiger partial charge in [-0.2, -0.15) is 0 Å². The minimum Gasteiger partial charge on any atom is -0.465 e. The molecular weight excluding hydrogens is 320 g/mol. The van der Waals surface area contributed by atoms with Crippen LogP contribution in [0.4, 0.5) is 0 Å². The lowest BCUT2D eigenvalue weighted by Gasteiger charge is -2.20. The van der Waals surface area contributed by atoms with Crippen LogP contribution in [0.25, 0.3) is 0 Å². The van der Waals surface area contributed by atoms with Crippen LogP contribution >= 0.6 is 0 Å². The summed E-state index contributed by atoms with van der Waals surface area (Å²) < 4.78 is 5.00. The van der Waals surface area contributed by atoms with Crippen LogP contribution in [0.5, 0.6) is 0 Å². The third-order valence-corrected chi connectivity index (χ3v) is 5.41. The van der Waals surface area contributed by atoms with Gasteiger partial charge in [-0.25, -0.2) is 0 Å². The van der Waals surface area contributed by atoms with E-state index >= 15 is 0 Å². The molecule has 0 spiro atoms. The normalized spacial score (nSPS) is 24.0. The van der Waals surface area contributed by atoms with Crippen LogP contribution in [0.2, 0.25) is 0 Å². The summed E-state index contributed by atoms with van der Waals surface area (Å²) >= 11 is 0. The highest BCUT2D eigenvalue weighted by molar-refractivity contribution is 5.84. The summed E-state index contributed by atoms with van der Waals surface area (Å²) in [5, 5.41) is 0. The van der Waals surface area contributed by atoms with Gasteiger partial charge in [0.15, 0.2) is 0 Å². The molecule has 2 atom stereocenters. The first-order chi connectivity index (χ1) is 12.1. The molecule has 1 saturated heterocycles. The average molecular weight is 350 g/mol. The molecule has 25 heavy (non-hydrogen) atoms. The number of cyclic esters (lactones) is 1. The smallest absolute Gasteiger partial charge is 0.308 e. The topological polar surface area (TPSA) is 77.5 Å². The monoisotopic (exact) mass is 350 g/mol. The molecule has 2 aliphatic rings. The Hall–Kier alpha value is -1.52. The molecule has 1 saturated carbocycles. The summed E-state index contributed by atoms with van der Waals surface area (Å²) in [5.74, 6) is 0.361. The second-order valence-electron chi connectivity index (χ2n) is 7.42. The predicted molar refractivity (Wildman–Crippen MR) is 93.0 cm³/mol. The van der Waals surface area contributed by atoms with Crippen LogP contribution in [0, 0.1) is 11.8 Å². The van der Waals surface area contributed by atoms with Gasteiger partial charge in [0, 0.05) is 38.0 Å².